The first-order chi connectivity index (χ1) is 8.89. The highest BCUT2D eigenvalue weighted by Crippen LogP contribution is 2.44. The number of hydrogen-bond acceptors (Lipinski definition) is 2. The average Bonchev–Trinajstić information content (AvgIpc) is 3.08. The van der Waals surface area contributed by atoms with Crippen LogP contribution < -0.4 is 10.6 Å². The van der Waals surface area contributed by atoms with Gasteiger partial charge in [-0.2, -0.15) is 0 Å². The van der Waals surface area contributed by atoms with E-state index in [4.69, 9.17) is 5.11 Å². The van der Waals surface area contributed by atoms with Gasteiger partial charge in [0.15, 0.2) is 0 Å². The van der Waals surface area contributed by atoms with Crippen LogP contribution in [0.5, 0.6) is 0 Å². The Balaban J connectivity index is 1.96. The summed E-state index contributed by atoms with van der Waals surface area (Å²) in [6, 6.07) is 4.35. The molecular weight excluding hydrogens is 312 g/mol. The number of aromatic carboxylic acids is 1. The Kier molecular flexibility index (Phi) is 3.80. The molecule has 0 bridgehead atoms. The van der Waals surface area contributed by atoms with Crippen molar-refractivity contribution in [1.29, 1.82) is 0 Å². The third-order valence-electron chi connectivity index (χ3n) is 3.23. The van der Waals surface area contributed by atoms with E-state index in [1.54, 1.807) is 12.1 Å². The zero-order valence-corrected chi connectivity index (χ0v) is 12.1. The lowest BCUT2D eigenvalue weighted by Gasteiger charge is -2.12. The van der Waals surface area contributed by atoms with Gasteiger partial charge in [-0.1, -0.05) is 6.92 Å². The topological polar surface area (TPSA) is 78.4 Å². The van der Waals surface area contributed by atoms with Gasteiger partial charge in [-0.15, -0.1) is 0 Å². The van der Waals surface area contributed by atoms with Gasteiger partial charge in [0.2, 0.25) is 0 Å². The standard InChI is InChI=1S/C13H15BrN2O3/c1-13(4-5-13)7-15-12(19)16-8-2-3-10(14)9(6-8)11(17)18/h2-3,6H,4-5,7H2,1H3,(H,17,18)(H2,15,16,19). The number of carbonyl (C=O) groups excluding carboxylic acids is 1. The highest BCUT2D eigenvalue weighted by atomic mass is 79.9. The number of rotatable bonds is 4. The number of nitrogens with one attached hydrogen (secondary N) is 2. The molecule has 0 radical (unpaired) electrons. The van der Waals surface area contributed by atoms with Crippen LogP contribution in [0, 0.1) is 5.41 Å². The quantitative estimate of drug-likeness (QED) is 0.795. The van der Waals surface area contributed by atoms with Gasteiger partial charge in [-0.3, -0.25) is 0 Å². The number of benzene rings is 1. The van der Waals surface area contributed by atoms with Gasteiger partial charge >= 0.3 is 12.0 Å². The Bertz CT molecular complexity index is 527. The molecule has 102 valence electrons. The van der Waals surface area contributed by atoms with Gasteiger partial charge < -0.3 is 15.7 Å². The zero-order chi connectivity index (χ0) is 14.0. The minimum atomic E-state index is -1.04. The third kappa shape index (κ3) is 3.70. The number of carboxylic acid groups (broad SMARTS) is 1. The maximum absolute atomic E-state index is 11.7. The van der Waals surface area contributed by atoms with Gasteiger partial charge in [0.25, 0.3) is 0 Å². The van der Waals surface area contributed by atoms with E-state index in [2.05, 4.69) is 33.5 Å². The molecule has 0 aliphatic heterocycles. The van der Waals surface area contributed by atoms with Gasteiger partial charge in [0.05, 0.1) is 5.56 Å². The van der Waals surface area contributed by atoms with Crippen LogP contribution >= 0.6 is 15.9 Å². The molecule has 19 heavy (non-hydrogen) atoms. The molecule has 3 N–H and O–H groups in total. The second-order valence-electron chi connectivity index (χ2n) is 5.12. The van der Waals surface area contributed by atoms with E-state index < -0.39 is 5.97 Å². The molecule has 1 aromatic rings. The van der Waals surface area contributed by atoms with Crippen molar-refractivity contribution in [2.24, 2.45) is 5.41 Å². The molecular formula is C13H15BrN2O3. The smallest absolute Gasteiger partial charge is 0.336 e. The lowest BCUT2D eigenvalue weighted by atomic mass is 10.1. The Labute approximate surface area is 119 Å². The molecule has 1 aliphatic carbocycles. The summed E-state index contributed by atoms with van der Waals surface area (Å²) in [6.07, 6.45) is 2.27. The van der Waals surface area contributed by atoms with Crippen LogP contribution in [-0.4, -0.2) is 23.7 Å². The van der Waals surface area contributed by atoms with Crippen molar-refractivity contribution >= 4 is 33.6 Å². The molecule has 2 amide bonds. The monoisotopic (exact) mass is 326 g/mol. The van der Waals surface area contributed by atoms with E-state index in [-0.39, 0.29) is 17.0 Å². The summed E-state index contributed by atoms with van der Waals surface area (Å²) in [5.74, 6) is -1.04. The summed E-state index contributed by atoms with van der Waals surface area (Å²) in [6.45, 7) is 2.76. The highest BCUT2D eigenvalue weighted by Gasteiger charge is 2.37. The molecule has 6 heteroatoms. The predicted molar refractivity (Wildman–Crippen MR) is 75.5 cm³/mol. The number of amides is 2. The maximum Gasteiger partial charge on any atom is 0.336 e. The van der Waals surface area contributed by atoms with Crippen molar-refractivity contribution in [2.45, 2.75) is 19.8 Å². The highest BCUT2D eigenvalue weighted by molar-refractivity contribution is 9.10. The van der Waals surface area contributed by atoms with Crippen molar-refractivity contribution in [1.82, 2.24) is 5.32 Å². The third-order valence-corrected chi connectivity index (χ3v) is 3.93. The van der Waals surface area contributed by atoms with Gasteiger partial charge in [0, 0.05) is 16.7 Å². The largest absolute Gasteiger partial charge is 0.478 e. The predicted octanol–water partition coefficient (Wildman–Crippen LogP) is 3.07. The number of carbonyl (C=O) groups is 2. The minimum absolute atomic E-state index is 0.118. The molecule has 0 aromatic heterocycles. The van der Waals surface area contributed by atoms with E-state index >= 15 is 0 Å². The number of anilines is 1. The number of urea groups is 1. The molecule has 0 heterocycles. The Morgan fingerprint density at radius 3 is 2.68 bits per heavy atom. The summed E-state index contributed by atoms with van der Waals surface area (Å²) in [5.41, 5.74) is 0.814. The fourth-order valence-electron chi connectivity index (χ4n) is 1.63. The van der Waals surface area contributed by atoms with Gasteiger partial charge in [-0.05, 0) is 52.4 Å². The van der Waals surface area contributed by atoms with Crippen LogP contribution in [0.15, 0.2) is 22.7 Å². The molecule has 5 nitrogen and oxygen atoms in total. The van der Waals surface area contributed by atoms with Crippen LogP contribution in [0.4, 0.5) is 10.5 Å². The molecule has 0 spiro atoms. The molecule has 1 saturated carbocycles. The average molecular weight is 327 g/mol. The summed E-state index contributed by atoms with van der Waals surface area (Å²) in [4.78, 5) is 22.6. The lowest BCUT2D eigenvalue weighted by molar-refractivity contribution is 0.0696. The van der Waals surface area contributed by atoms with Crippen LogP contribution in [0.1, 0.15) is 30.1 Å². The summed E-state index contributed by atoms with van der Waals surface area (Å²) in [7, 11) is 0. The molecule has 1 fully saturated rings. The fraction of sp³-hybridized carbons (Fsp3) is 0.385. The first kappa shape index (κ1) is 13.9. The van der Waals surface area contributed by atoms with E-state index in [0.29, 0.717) is 16.7 Å². The van der Waals surface area contributed by atoms with Crippen molar-refractivity contribution in [3.05, 3.63) is 28.2 Å². The Morgan fingerprint density at radius 2 is 2.11 bits per heavy atom. The van der Waals surface area contributed by atoms with E-state index in [9.17, 15) is 9.59 Å². The fourth-order valence-corrected chi connectivity index (χ4v) is 2.04. The molecule has 0 atom stereocenters. The zero-order valence-electron chi connectivity index (χ0n) is 10.5. The van der Waals surface area contributed by atoms with Crippen molar-refractivity contribution in [3.8, 4) is 0 Å². The van der Waals surface area contributed by atoms with Crippen molar-refractivity contribution in [3.63, 3.8) is 0 Å². The maximum atomic E-state index is 11.7. The molecule has 0 saturated heterocycles. The van der Waals surface area contributed by atoms with E-state index in [1.807, 2.05) is 0 Å². The molecule has 0 unspecified atom stereocenters. The second-order valence-corrected chi connectivity index (χ2v) is 5.97. The number of hydrogen-bond donors (Lipinski definition) is 3. The molecule has 1 aliphatic rings. The van der Waals surface area contributed by atoms with Crippen LogP contribution in [-0.2, 0) is 0 Å². The number of halogens is 1. The first-order valence-electron chi connectivity index (χ1n) is 5.97. The van der Waals surface area contributed by atoms with Crippen LogP contribution in [0.3, 0.4) is 0 Å². The van der Waals surface area contributed by atoms with Crippen molar-refractivity contribution < 1.29 is 14.7 Å². The summed E-state index contributed by atoms with van der Waals surface area (Å²) < 4.78 is 0.483. The molecule has 2 rings (SSSR count). The summed E-state index contributed by atoms with van der Waals surface area (Å²) in [5, 5.41) is 14.4. The van der Waals surface area contributed by atoms with Gasteiger partial charge in [0.1, 0.15) is 0 Å². The van der Waals surface area contributed by atoms with Gasteiger partial charge in [-0.25, -0.2) is 9.59 Å². The van der Waals surface area contributed by atoms with Crippen LogP contribution in [0.25, 0.3) is 0 Å². The van der Waals surface area contributed by atoms with E-state index in [0.717, 1.165) is 12.8 Å². The normalized spacial score (nSPS) is 15.7. The Morgan fingerprint density at radius 1 is 1.42 bits per heavy atom. The minimum Gasteiger partial charge on any atom is -0.478 e. The SMILES string of the molecule is CC1(CNC(=O)Nc2ccc(Br)c(C(=O)O)c2)CC1. The summed E-state index contributed by atoms with van der Waals surface area (Å²) >= 11 is 3.15. The molecule has 1 aromatic carbocycles. The Hall–Kier alpha value is -1.56. The lowest BCUT2D eigenvalue weighted by Crippen LogP contribution is -2.33. The van der Waals surface area contributed by atoms with Crippen LogP contribution in [0.2, 0.25) is 0 Å². The van der Waals surface area contributed by atoms with Crippen molar-refractivity contribution in [2.75, 3.05) is 11.9 Å². The first-order valence-corrected chi connectivity index (χ1v) is 6.77. The second kappa shape index (κ2) is 5.21. The number of carboxylic acids is 1. The van der Waals surface area contributed by atoms with E-state index in [1.165, 1.54) is 6.07 Å².